The van der Waals surface area contributed by atoms with Crippen molar-refractivity contribution < 1.29 is 23.6 Å². The van der Waals surface area contributed by atoms with Crippen LogP contribution in [0.15, 0.2) is 201 Å². The SMILES string of the molecule is Cc1cc(Nc2cccc(C(=O)Nc3cccc(Oc4ccncc4)c3)c2)c2cc(-[n+]3ccc(Oc4cccc(NC(=O)c5cccc(Nc6c(C)cnc7ccccc67)c5)c4)cc3)ccc2n1. The molecule has 0 aliphatic rings. The number of pyridine rings is 4. The van der Waals surface area contributed by atoms with E-state index in [4.69, 9.17) is 14.5 Å². The number of anilines is 6. The largest absolute Gasteiger partial charge is 0.457 e. The average molecular weight is 892 g/mol. The number of nitrogens with one attached hydrogen (secondary N) is 4. The van der Waals surface area contributed by atoms with E-state index in [0.717, 1.165) is 61.5 Å². The van der Waals surface area contributed by atoms with E-state index in [1.54, 1.807) is 48.8 Å². The number of amides is 2. The third-order valence-electron chi connectivity index (χ3n) is 11.1. The molecule has 0 saturated heterocycles. The first-order valence-corrected chi connectivity index (χ1v) is 21.9. The molecule has 12 nitrogen and oxygen atoms in total. The van der Waals surface area contributed by atoms with Crippen LogP contribution in [0.1, 0.15) is 32.0 Å². The molecule has 68 heavy (non-hydrogen) atoms. The van der Waals surface area contributed by atoms with E-state index in [2.05, 4.69) is 37.3 Å². The Hall–Kier alpha value is -9.42. The minimum absolute atomic E-state index is 0.245. The summed E-state index contributed by atoms with van der Waals surface area (Å²) in [5, 5.41) is 14.9. The first-order chi connectivity index (χ1) is 33.3. The van der Waals surface area contributed by atoms with E-state index in [0.29, 0.717) is 45.5 Å². The number of para-hydroxylation sites is 1. The van der Waals surface area contributed by atoms with Gasteiger partial charge in [-0.1, -0.05) is 42.5 Å². The monoisotopic (exact) mass is 891 g/mol. The lowest BCUT2D eigenvalue weighted by Gasteiger charge is -2.14. The molecule has 4 N–H and O–H groups in total. The first kappa shape index (κ1) is 42.5. The number of carbonyl (C=O) groups excluding carboxylic acids is 2. The number of aromatic nitrogens is 4. The summed E-state index contributed by atoms with van der Waals surface area (Å²) in [4.78, 5) is 40.3. The first-order valence-electron chi connectivity index (χ1n) is 21.9. The highest BCUT2D eigenvalue weighted by Gasteiger charge is 2.15. The van der Waals surface area contributed by atoms with Gasteiger partial charge >= 0.3 is 0 Å². The highest BCUT2D eigenvalue weighted by molar-refractivity contribution is 6.06. The lowest BCUT2D eigenvalue weighted by atomic mass is 10.1. The van der Waals surface area contributed by atoms with E-state index >= 15 is 0 Å². The van der Waals surface area contributed by atoms with Crippen LogP contribution in [-0.4, -0.2) is 26.8 Å². The molecule has 4 heterocycles. The van der Waals surface area contributed by atoms with Gasteiger partial charge in [-0.25, -0.2) is 0 Å². The van der Waals surface area contributed by atoms with Crippen LogP contribution in [0.5, 0.6) is 23.0 Å². The number of rotatable bonds is 13. The summed E-state index contributed by atoms with van der Waals surface area (Å²) in [6.45, 7) is 3.96. The van der Waals surface area contributed by atoms with Crippen LogP contribution in [0, 0.1) is 13.8 Å². The van der Waals surface area contributed by atoms with Crippen molar-refractivity contribution in [1.82, 2.24) is 15.0 Å². The summed E-state index contributed by atoms with van der Waals surface area (Å²) < 4.78 is 14.2. The molecule has 4 aromatic heterocycles. The minimum atomic E-state index is -0.256. The number of ether oxygens (including phenoxy) is 2. The Morgan fingerprint density at radius 2 is 1.12 bits per heavy atom. The summed E-state index contributed by atoms with van der Waals surface area (Å²) in [7, 11) is 0. The molecule has 0 fully saturated rings. The molecule has 12 heteroatoms. The zero-order valence-electron chi connectivity index (χ0n) is 37.0. The summed E-state index contributed by atoms with van der Waals surface area (Å²) in [5.74, 6) is 1.93. The van der Waals surface area contributed by atoms with Gasteiger partial charge in [0.05, 0.1) is 16.7 Å². The van der Waals surface area contributed by atoms with Crippen molar-refractivity contribution in [3.8, 4) is 28.7 Å². The Balaban J connectivity index is 0.798. The van der Waals surface area contributed by atoms with Crippen molar-refractivity contribution >= 4 is 67.7 Å². The van der Waals surface area contributed by atoms with Gasteiger partial charge in [0.1, 0.15) is 23.0 Å². The Morgan fingerprint density at radius 3 is 1.79 bits per heavy atom. The van der Waals surface area contributed by atoms with Crippen LogP contribution in [0.3, 0.4) is 0 Å². The number of benzene rings is 6. The van der Waals surface area contributed by atoms with Crippen molar-refractivity contribution in [1.29, 1.82) is 0 Å². The predicted molar refractivity (Wildman–Crippen MR) is 267 cm³/mol. The van der Waals surface area contributed by atoms with Crippen LogP contribution in [0.4, 0.5) is 34.1 Å². The van der Waals surface area contributed by atoms with Crippen molar-refractivity contribution in [3.63, 3.8) is 0 Å². The van der Waals surface area contributed by atoms with Gasteiger partial charge < -0.3 is 30.7 Å². The molecule has 0 saturated carbocycles. The van der Waals surface area contributed by atoms with Crippen LogP contribution in [-0.2, 0) is 0 Å². The number of carbonyl (C=O) groups is 2. The molecule has 0 bridgehead atoms. The molecule has 0 unspecified atom stereocenters. The van der Waals surface area contributed by atoms with E-state index in [-0.39, 0.29) is 11.8 Å². The molecular weight excluding hydrogens is 849 g/mol. The lowest BCUT2D eigenvalue weighted by Crippen LogP contribution is -2.29. The maximum atomic E-state index is 13.5. The zero-order chi connectivity index (χ0) is 46.4. The van der Waals surface area contributed by atoms with Crippen molar-refractivity contribution in [2.24, 2.45) is 0 Å². The van der Waals surface area contributed by atoms with Crippen molar-refractivity contribution in [2.45, 2.75) is 13.8 Å². The van der Waals surface area contributed by atoms with Gasteiger partial charge in [0.15, 0.2) is 12.4 Å². The molecule has 330 valence electrons. The van der Waals surface area contributed by atoms with Gasteiger partial charge in [-0.2, -0.15) is 4.57 Å². The average Bonchev–Trinajstić information content (AvgIpc) is 3.36. The number of hydrogen-bond acceptors (Lipinski definition) is 9. The summed E-state index contributed by atoms with van der Waals surface area (Å²) in [5.41, 5.74) is 10.0. The van der Waals surface area contributed by atoms with Gasteiger partial charge in [0.25, 0.3) is 11.8 Å². The van der Waals surface area contributed by atoms with Gasteiger partial charge in [-0.15, -0.1) is 0 Å². The molecule has 10 rings (SSSR count). The maximum absolute atomic E-state index is 13.5. The van der Waals surface area contributed by atoms with Crippen LogP contribution >= 0.6 is 0 Å². The fourth-order valence-corrected chi connectivity index (χ4v) is 7.81. The summed E-state index contributed by atoms with van der Waals surface area (Å²) >= 11 is 0. The Morgan fingerprint density at radius 1 is 0.515 bits per heavy atom. The van der Waals surface area contributed by atoms with E-state index in [1.807, 2.05) is 164 Å². The topological polar surface area (TPSA) is 143 Å². The second-order valence-corrected chi connectivity index (χ2v) is 16.0. The van der Waals surface area contributed by atoms with Gasteiger partial charge in [-0.05, 0) is 110 Å². The quantitative estimate of drug-likeness (QED) is 0.0832. The third kappa shape index (κ3) is 9.80. The highest BCUT2D eigenvalue weighted by atomic mass is 16.5. The fraction of sp³-hybridized carbons (Fsp3) is 0.0357. The van der Waals surface area contributed by atoms with Gasteiger partial charge in [-0.3, -0.25) is 24.5 Å². The van der Waals surface area contributed by atoms with Gasteiger partial charge in [0.2, 0.25) is 5.69 Å². The zero-order valence-corrected chi connectivity index (χ0v) is 37.0. The number of nitrogens with zero attached hydrogens (tertiary/aromatic N) is 4. The molecule has 0 spiro atoms. The number of aryl methyl sites for hydroxylation is 2. The molecule has 0 atom stereocenters. The summed E-state index contributed by atoms with van der Waals surface area (Å²) in [6, 6.07) is 52.7. The summed E-state index contributed by atoms with van der Waals surface area (Å²) in [6.07, 6.45) is 9.02. The Bertz CT molecular complexity index is 3490. The fourth-order valence-electron chi connectivity index (χ4n) is 7.81. The van der Waals surface area contributed by atoms with Crippen LogP contribution in [0.25, 0.3) is 27.5 Å². The predicted octanol–water partition coefficient (Wildman–Crippen LogP) is 12.6. The van der Waals surface area contributed by atoms with Crippen LogP contribution < -0.4 is 35.3 Å². The smallest absolute Gasteiger partial charge is 0.255 e. The second-order valence-electron chi connectivity index (χ2n) is 16.0. The third-order valence-corrected chi connectivity index (χ3v) is 11.1. The van der Waals surface area contributed by atoms with Crippen LogP contribution in [0.2, 0.25) is 0 Å². The molecule has 6 aromatic carbocycles. The molecule has 2 amide bonds. The molecular formula is C56H43N8O4+. The Labute approximate surface area is 391 Å². The molecule has 10 aromatic rings. The maximum Gasteiger partial charge on any atom is 0.255 e. The molecule has 0 radical (unpaired) electrons. The Kier molecular flexibility index (Phi) is 11.9. The molecule has 0 aliphatic carbocycles. The number of fused-ring (bicyclic) bond motifs is 2. The number of hydrogen-bond donors (Lipinski definition) is 4. The lowest BCUT2D eigenvalue weighted by molar-refractivity contribution is -0.595. The van der Waals surface area contributed by atoms with Crippen molar-refractivity contribution in [2.75, 3.05) is 21.3 Å². The second kappa shape index (κ2) is 19.0. The van der Waals surface area contributed by atoms with Gasteiger partial charge in [0, 0.05) is 111 Å². The minimum Gasteiger partial charge on any atom is -0.457 e. The van der Waals surface area contributed by atoms with E-state index in [1.165, 1.54) is 0 Å². The van der Waals surface area contributed by atoms with Crippen molar-refractivity contribution in [3.05, 3.63) is 223 Å². The molecule has 0 aliphatic heterocycles. The van der Waals surface area contributed by atoms with E-state index < -0.39 is 0 Å². The highest BCUT2D eigenvalue weighted by Crippen LogP contribution is 2.32. The standard InChI is InChI=1S/C56H42N8O4/c1-36-35-58-51-18-4-3-17-49(51)54(36)61-41-12-6-10-39(31-41)56(66)63-43-14-8-16-48(33-43)68-46-23-27-64(28-24-46)44-19-20-52-50(34-44)53(29-37(2)59-52)60-40-11-5-9-38(30-40)55(65)62-42-13-7-15-47(32-42)67-45-21-25-57-26-22-45/h3-35H,1-2H3,(H3-,58,59,60,61,62,63,65,66)/p+1. The normalized spacial score (nSPS) is 10.9. The van der Waals surface area contributed by atoms with E-state index in [9.17, 15) is 9.59 Å².